The predicted molar refractivity (Wildman–Crippen MR) is 80.7 cm³/mol. The lowest BCUT2D eigenvalue weighted by atomic mass is 10.2. The zero-order chi connectivity index (χ0) is 14.4. The van der Waals surface area contributed by atoms with Gasteiger partial charge in [-0.15, -0.1) is 0 Å². The minimum absolute atomic E-state index is 0.315. The number of anilines is 3. The van der Waals surface area contributed by atoms with Gasteiger partial charge in [0.2, 0.25) is 0 Å². The number of ether oxygens (including phenoxy) is 1. The van der Waals surface area contributed by atoms with E-state index in [1.807, 2.05) is 24.3 Å². The van der Waals surface area contributed by atoms with Crippen molar-refractivity contribution in [2.24, 2.45) is 0 Å². The molecule has 5 heteroatoms. The molecule has 0 atom stereocenters. The van der Waals surface area contributed by atoms with E-state index in [-0.39, 0.29) is 6.03 Å². The molecule has 5 nitrogen and oxygen atoms in total. The van der Waals surface area contributed by atoms with Gasteiger partial charge in [-0.1, -0.05) is 18.2 Å². The van der Waals surface area contributed by atoms with Crippen LogP contribution < -0.4 is 16.4 Å². The first-order valence-corrected chi connectivity index (χ1v) is 6.19. The second-order valence-corrected chi connectivity index (χ2v) is 4.34. The molecule has 0 unspecified atom stereocenters. The lowest BCUT2D eigenvalue weighted by Gasteiger charge is -2.09. The van der Waals surface area contributed by atoms with Gasteiger partial charge in [0.15, 0.2) is 0 Å². The van der Waals surface area contributed by atoms with Crippen LogP contribution in [0.4, 0.5) is 21.9 Å². The maximum absolute atomic E-state index is 11.9. The van der Waals surface area contributed by atoms with Gasteiger partial charge in [-0.3, -0.25) is 0 Å². The highest BCUT2D eigenvalue weighted by molar-refractivity contribution is 6.00. The fourth-order valence-electron chi connectivity index (χ4n) is 1.82. The van der Waals surface area contributed by atoms with E-state index in [0.717, 1.165) is 5.56 Å². The second-order valence-electron chi connectivity index (χ2n) is 4.34. The SMILES string of the molecule is COCc1cccc(NC(=O)Nc2cccc(N)c2)c1. The lowest BCUT2D eigenvalue weighted by Crippen LogP contribution is -2.19. The third-order valence-corrected chi connectivity index (χ3v) is 2.64. The molecule has 20 heavy (non-hydrogen) atoms. The molecule has 0 aliphatic carbocycles. The summed E-state index contributed by atoms with van der Waals surface area (Å²) in [5, 5.41) is 5.48. The molecule has 2 amide bonds. The van der Waals surface area contributed by atoms with Gasteiger partial charge in [0.1, 0.15) is 0 Å². The van der Waals surface area contributed by atoms with Gasteiger partial charge in [-0.05, 0) is 35.9 Å². The molecular formula is C15H17N3O2. The fourth-order valence-corrected chi connectivity index (χ4v) is 1.82. The van der Waals surface area contributed by atoms with E-state index < -0.39 is 0 Å². The molecule has 0 heterocycles. The Hall–Kier alpha value is -2.53. The van der Waals surface area contributed by atoms with Crippen molar-refractivity contribution in [3.8, 4) is 0 Å². The van der Waals surface area contributed by atoms with Crippen molar-refractivity contribution in [2.45, 2.75) is 6.61 Å². The number of rotatable bonds is 4. The summed E-state index contributed by atoms with van der Waals surface area (Å²) in [6.45, 7) is 0.506. The van der Waals surface area contributed by atoms with E-state index in [0.29, 0.717) is 23.7 Å². The summed E-state index contributed by atoms with van der Waals surface area (Å²) in [7, 11) is 1.63. The van der Waals surface area contributed by atoms with Crippen LogP contribution in [0.5, 0.6) is 0 Å². The Kier molecular flexibility index (Phi) is 4.57. The Morgan fingerprint density at radius 3 is 2.40 bits per heavy atom. The molecule has 0 radical (unpaired) electrons. The Bertz CT molecular complexity index is 599. The summed E-state index contributed by atoms with van der Waals surface area (Å²) in [5.74, 6) is 0. The van der Waals surface area contributed by atoms with E-state index in [2.05, 4.69) is 10.6 Å². The molecule has 0 spiro atoms. The monoisotopic (exact) mass is 271 g/mol. The number of benzene rings is 2. The largest absolute Gasteiger partial charge is 0.399 e. The molecular weight excluding hydrogens is 254 g/mol. The van der Waals surface area contributed by atoms with E-state index in [1.165, 1.54) is 0 Å². The number of carbonyl (C=O) groups is 1. The van der Waals surface area contributed by atoms with Gasteiger partial charge in [0, 0.05) is 24.2 Å². The number of urea groups is 1. The van der Waals surface area contributed by atoms with E-state index in [4.69, 9.17) is 10.5 Å². The zero-order valence-corrected chi connectivity index (χ0v) is 11.2. The van der Waals surface area contributed by atoms with Gasteiger partial charge < -0.3 is 21.1 Å². The van der Waals surface area contributed by atoms with Gasteiger partial charge in [-0.2, -0.15) is 0 Å². The molecule has 0 saturated carbocycles. The van der Waals surface area contributed by atoms with Crippen LogP contribution in [-0.2, 0) is 11.3 Å². The standard InChI is InChI=1S/C15H17N3O2/c1-20-10-11-4-2-6-13(8-11)17-15(19)18-14-7-3-5-12(16)9-14/h2-9H,10,16H2,1H3,(H2,17,18,19). The van der Waals surface area contributed by atoms with Crippen molar-refractivity contribution < 1.29 is 9.53 Å². The number of nitrogens with one attached hydrogen (secondary N) is 2. The van der Waals surface area contributed by atoms with Crippen molar-refractivity contribution >= 4 is 23.1 Å². The van der Waals surface area contributed by atoms with Gasteiger partial charge in [0.25, 0.3) is 0 Å². The van der Waals surface area contributed by atoms with Crippen molar-refractivity contribution in [3.05, 3.63) is 54.1 Å². The number of methoxy groups -OCH3 is 1. The van der Waals surface area contributed by atoms with Crippen LogP contribution >= 0.6 is 0 Å². The van der Waals surface area contributed by atoms with Crippen molar-refractivity contribution in [2.75, 3.05) is 23.5 Å². The van der Waals surface area contributed by atoms with E-state index in [9.17, 15) is 4.79 Å². The fraction of sp³-hybridized carbons (Fsp3) is 0.133. The predicted octanol–water partition coefficient (Wildman–Crippen LogP) is 3.06. The molecule has 2 rings (SSSR count). The zero-order valence-electron chi connectivity index (χ0n) is 11.2. The van der Waals surface area contributed by atoms with Gasteiger partial charge in [-0.25, -0.2) is 4.79 Å². The number of nitrogen functional groups attached to an aromatic ring is 1. The van der Waals surface area contributed by atoms with Gasteiger partial charge >= 0.3 is 6.03 Å². The molecule has 0 fully saturated rings. The Morgan fingerprint density at radius 2 is 1.75 bits per heavy atom. The maximum atomic E-state index is 11.9. The third kappa shape index (κ3) is 4.00. The molecule has 0 aromatic heterocycles. The third-order valence-electron chi connectivity index (χ3n) is 2.64. The van der Waals surface area contributed by atoms with Crippen LogP contribution in [0, 0.1) is 0 Å². The Balaban J connectivity index is 1.99. The van der Waals surface area contributed by atoms with E-state index in [1.54, 1.807) is 31.4 Å². The number of carbonyl (C=O) groups excluding carboxylic acids is 1. The highest BCUT2D eigenvalue weighted by Crippen LogP contribution is 2.14. The van der Waals surface area contributed by atoms with Crippen LogP contribution in [-0.4, -0.2) is 13.1 Å². The Labute approximate surface area is 117 Å². The van der Waals surface area contributed by atoms with Crippen LogP contribution in [0.1, 0.15) is 5.56 Å². The first kappa shape index (κ1) is 13.9. The molecule has 0 aliphatic heterocycles. The number of amides is 2. The molecule has 0 aliphatic rings. The minimum atomic E-state index is -0.315. The topological polar surface area (TPSA) is 76.4 Å². The molecule has 0 saturated heterocycles. The van der Waals surface area contributed by atoms with Crippen LogP contribution in [0.3, 0.4) is 0 Å². The summed E-state index contributed by atoms with van der Waals surface area (Å²) in [6.07, 6.45) is 0. The summed E-state index contributed by atoms with van der Waals surface area (Å²) in [4.78, 5) is 11.9. The van der Waals surface area contributed by atoms with Gasteiger partial charge in [0.05, 0.1) is 6.61 Å². The Morgan fingerprint density at radius 1 is 1.10 bits per heavy atom. The van der Waals surface area contributed by atoms with Crippen molar-refractivity contribution in [1.29, 1.82) is 0 Å². The average Bonchev–Trinajstić information content (AvgIpc) is 2.39. The van der Waals surface area contributed by atoms with E-state index >= 15 is 0 Å². The molecule has 2 aromatic rings. The molecule has 104 valence electrons. The number of hydrogen-bond acceptors (Lipinski definition) is 3. The summed E-state index contributed by atoms with van der Waals surface area (Å²) in [6, 6.07) is 14.2. The summed E-state index contributed by atoms with van der Waals surface area (Å²) < 4.78 is 5.05. The van der Waals surface area contributed by atoms with Crippen molar-refractivity contribution in [1.82, 2.24) is 0 Å². The average molecular weight is 271 g/mol. The van der Waals surface area contributed by atoms with Crippen LogP contribution in [0.25, 0.3) is 0 Å². The normalized spacial score (nSPS) is 10.1. The summed E-state index contributed by atoms with van der Waals surface area (Å²) >= 11 is 0. The molecule has 2 aromatic carbocycles. The molecule has 4 N–H and O–H groups in total. The number of nitrogens with two attached hydrogens (primary N) is 1. The second kappa shape index (κ2) is 6.58. The number of hydrogen-bond donors (Lipinski definition) is 3. The maximum Gasteiger partial charge on any atom is 0.323 e. The minimum Gasteiger partial charge on any atom is -0.399 e. The first-order valence-electron chi connectivity index (χ1n) is 6.19. The lowest BCUT2D eigenvalue weighted by molar-refractivity contribution is 0.185. The highest BCUT2D eigenvalue weighted by Gasteiger charge is 2.03. The summed E-state index contributed by atoms with van der Waals surface area (Å²) in [5.41, 5.74) is 8.61. The van der Waals surface area contributed by atoms with Crippen molar-refractivity contribution in [3.63, 3.8) is 0 Å². The smallest absolute Gasteiger partial charge is 0.323 e. The quantitative estimate of drug-likeness (QED) is 0.748. The molecule has 0 bridgehead atoms. The first-order chi connectivity index (χ1) is 9.67. The highest BCUT2D eigenvalue weighted by atomic mass is 16.5. The van der Waals surface area contributed by atoms with Crippen LogP contribution in [0.2, 0.25) is 0 Å². The van der Waals surface area contributed by atoms with Crippen LogP contribution in [0.15, 0.2) is 48.5 Å².